The van der Waals surface area contributed by atoms with Crippen LogP contribution in [0.4, 0.5) is 27.9 Å². The van der Waals surface area contributed by atoms with Crippen LogP contribution in [0.15, 0.2) is 53.6 Å². The Morgan fingerprint density at radius 2 is 1.76 bits per heavy atom. The fraction of sp³-hybridized carbons (Fsp3) is 0.217. The number of para-hydroxylation sites is 1. The Kier molecular flexibility index (Phi) is 7.19. The van der Waals surface area contributed by atoms with Gasteiger partial charge in [0.15, 0.2) is 0 Å². The molecule has 0 bridgehead atoms. The molecule has 1 saturated heterocycles. The van der Waals surface area contributed by atoms with E-state index in [0.717, 1.165) is 22.2 Å². The van der Waals surface area contributed by atoms with Gasteiger partial charge in [0.1, 0.15) is 5.82 Å². The number of ether oxygens (including phenoxy) is 1. The number of anilines is 4. The van der Waals surface area contributed by atoms with Crippen molar-refractivity contribution in [3.63, 3.8) is 0 Å². The van der Waals surface area contributed by atoms with E-state index < -0.39 is 0 Å². The monoisotopic (exact) mass is 482 g/mol. The first kappa shape index (κ1) is 23.4. The first-order valence-electron chi connectivity index (χ1n) is 10.6. The number of hydrogen-bond donors (Lipinski definition) is 3. The van der Waals surface area contributed by atoms with Gasteiger partial charge in [-0.3, -0.25) is 0 Å². The minimum Gasteiger partial charge on any atom is -0.378 e. The zero-order chi connectivity index (χ0) is 22.6. The summed E-state index contributed by atoms with van der Waals surface area (Å²) in [5.74, 6) is 0.831. The van der Waals surface area contributed by atoms with Crippen molar-refractivity contribution in [2.45, 2.75) is 6.92 Å². The van der Waals surface area contributed by atoms with Crippen molar-refractivity contribution >= 4 is 53.1 Å². The van der Waals surface area contributed by atoms with Crippen molar-refractivity contribution in [3.8, 4) is 0 Å². The summed E-state index contributed by atoms with van der Waals surface area (Å²) in [5.41, 5.74) is 6.65. The molecule has 0 unspecified atom stereocenters. The Morgan fingerprint density at radius 1 is 1.03 bits per heavy atom. The standard InChI is InChI=1S/C23H23FN8O.ClH/c1-15-19(18-4-2-3-5-20(18)26-15)14-25-31-22-28-21(27-17-8-6-16(24)7-9-17)29-23(30-22)32-10-12-33-13-11-32;/h2-9,14,26H,10-13H2,1H3,(H2,27,28,29,30,31);1H/b25-14+;. The fourth-order valence-corrected chi connectivity index (χ4v) is 3.66. The van der Waals surface area contributed by atoms with Gasteiger partial charge in [0, 0.05) is 40.9 Å². The van der Waals surface area contributed by atoms with Crippen LogP contribution >= 0.6 is 12.4 Å². The number of aryl methyl sites for hydroxylation is 1. The summed E-state index contributed by atoms with van der Waals surface area (Å²) < 4.78 is 18.7. The van der Waals surface area contributed by atoms with Crippen LogP contribution in [0.25, 0.3) is 10.9 Å². The topological polar surface area (TPSA) is 103 Å². The maximum Gasteiger partial charge on any atom is 0.250 e. The average Bonchev–Trinajstić information content (AvgIpc) is 3.16. The molecule has 0 spiro atoms. The molecule has 0 aliphatic carbocycles. The van der Waals surface area contributed by atoms with E-state index in [9.17, 15) is 4.39 Å². The maximum absolute atomic E-state index is 13.3. The van der Waals surface area contributed by atoms with Crippen LogP contribution in [0.1, 0.15) is 11.3 Å². The van der Waals surface area contributed by atoms with Gasteiger partial charge in [-0.1, -0.05) is 18.2 Å². The van der Waals surface area contributed by atoms with E-state index in [1.165, 1.54) is 12.1 Å². The molecule has 3 N–H and O–H groups in total. The van der Waals surface area contributed by atoms with Crippen molar-refractivity contribution in [3.05, 3.63) is 65.6 Å². The second-order valence-corrected chi connectivity index (χ2v) is 7.59. The van der Waals surface area contributed by atoms with Crippen molar-refractivity contribution in [1.82, 2.24) is 19.9 Å². The van der Waals surface area contributed by atoms with Crippen molar-refractivity contribution in [2.75, 3.05) is 41.9 Å². The Hall–Kier alpha value is -3.76. The van der Waals surface area contributed by atoms with Gasteiger partial charge in [-0.2, -0.15) is 20.1 Å². The van der Waals surface area contributed by atoms with Crippen LogP contribution in [-0.2, 0) is 4.74 Å². The highest BCUT2D eigenvalue weighted by molar-refractivity contribution is 6.00. The molecule has 0 atom stereocenters. The number of halogens is 2. The van der Waals surface area contributed by atoms with Crippen molar-refractivity contribution < 1.29 is 9.13 Å². The molecule has 5 rings (SSSR count). The highest BCUT2D eigenvalue weighted by Crippen LogP contribution is 2.21. The quantitative estimate of drug-likeness (QED) is 0.279. The molecule has 0 amide bonds. The Balaban J connectivity index is 0.00000274. The van der Waals surface area contributed by atoms with Crippen LogP contribution in [-0.4, -0.2) is 52.5 Å². The van der Waals surface area contributed by atoms with Gasteiger partial charge in [-0.25, -0.2) is 9.82 Å². The molecule has 1 fully saturated rings. The second kappa shape index (κ2) is 10.4. The number of aromatic nitrogens is 4. The third-order valence-corrected chi connectivity index (χ3v) is 5.32. The van der Waals surface area contributed by atoms with Crippen LogP contribution in [0.3, 0.4) is 0 Å². The lowest BCUT2D eigenvalue weighted by Gasteiger charge is -2.27. The normalized spacial score (nSPS) is 13.8. The summed E-state index contributed by atoms with van der Waals surface area (Å²) in [6.45, 7) is 4.57. The Morgan fingerprint density at radius 3 is 2.56 bits per heavy atom. The number of H-pyrrole nitrogens is 1. The highest BCUT2D eigenvalue weighted by atomic mass is 35.5. The molecule has 1 aliphatic heterocycles. The van der Waals surface area contributed by atoms with E-state index in [1.54, 1.807) is 18.3 Å². The van der Waals surface area contributed by atoms with E-state index in [2.05, 4.69) is 35.8 Å². The number of benzene rings is 2. The molecule has 0 saturated carbocycles. The average molecular weight is 483 g/mol. The van der Waals surface area contributed by atoms with Gasteiger partial charge >= 0.3 is 0 Å². The predicted molar refractivity (Wildman–Crippen MR) is 134 cm³/mol. The lowest BCUT2D eigenvalue weighted by molar-refractivity contribution is 0.122. The van der Waals surface area contributed by atoms with Crippen LogP contribution in [0.2, 0.25) is 0 Å². The zero-order valence-electron chi connectivity index (χ0n) is 18.5. The number of nitrogens with zero attached hydrogens (tertiary/aromatic N) is 5. The molecular weight excluding hydrogens is 459 g/mol. The number of aromatic amines is 1. The molecule has 4 aromatic rings. The van der Waals surface area contributed by atoms with Gasteiger partial charge in [-0.15, -0.1) is 12.4 Å². The number of rotatable bonds is 6. The van der Waals surface area contributed by atoms with Crippen LogP contribution < -0.4 is 15.6 Å². The van der Waals surface area contributed by atoms with E-state index >= 15 is 0 Å². The lowest BCUT2D eigenvalue weighted by Crippen LogP contribution is -2.37. The molecule has 3 heterocycles. The molecule has 1 aliphatic rings. The Labute approximate surface area is 201 Å². The molecule has 2 aromatic carbocycles. The fourth-order valence-electron chi connectivity index (χ4n) is 3.66. The zero-order valence-corrected chi connectivity index (χ0v) is 19.3. The summed E-state index contributed by atoms with van der Waals surface area (Å²) >= 11 is 0. The molecule has 0 radical (unpaired) electrons. The lowest BCUT2D eigenvalue weighted by atomic mass is 10.1. The number of fused-ring (bicyclic) bond motifs is 1. The van der Waals surface area contributed by atoms with Crippen molar-refractivity contribution in [1.29, 1.82) is 0 Å². The SMILES string of the molecule is Cc1[nH]c2ccccc2c1/C=N/Nc1nc(Nc2ccc(F)cc2)nc(N2CCOCC2)n1.Cl. The summed E-state index contributed by atoms with van der Waals surface area (Å²) in [6, 6.07) is 14.1. The van der Waals surface area contributed by atoms with Gasteiger partial charge < -0.3 is 19.9 Å². The molecule has 176 valence electrons. The maximum atomic E-state index is 13.3. The molecule has 34 heavy (non-hydrogen) atoms. The van der Waals surface area contributed by atoms with Gasteiger partial charge in [0.25, 0.3) is 0 Å². The van der Waals surface area contributed by atoms with Gasteiger partial charge in [0.2, 0.25) is 17.8 Å². The third-order valence-electron chi connectivity index (χ3n) is 5.32. The van der Waals surface area contributed by atoms with E-state index in [1.807, 2.05) is 36.1 Å². The summed E-state index contributed by atoms with van der Waals surface area (Å²) in [7, 11) is 0. The predicted octanol–water partition coefficient (Wildman–Crippen LogP) is 4.25. The van der Waals surface area contributed by atoms with Gasteiger partial charge in [0.05, 0.1) is 19.4 Å². The number of morpholine rings is 1. The first-order valence-corrected chi connectivity index (χ1v) is 10.6. The van der Waals surface area contributed by atoms with E-state index in [-0.39, 0.29) is 18.2 Å². The van der Waals surface area contributed by atoms with E-state index in [0.29, 0.717) is 49.8 Å². The van der Waals surface area contributed by atoms with Crippen molar-refractivity contribution in [2.24, 2.45) is 5.10 Å². The largest absolute Gasteiger partial charge is 0.378 e. The smallest absolute Gasteiger partial charge is 0.250 e. The second-order valence-electron chi connectivity index (χ2n) is 7.59. The van der Waals surface area contributed by atoms with Crippen LogP contribution in [0.5, 0.6) is 0 Å². The molecule has 9 nitrogen and oxygen atoms in total. The summed E-state index contributed by atoms with van der Waals surface area (Å²) in [5, 5.41) is 8.56. The number of hydrazone groups is 1. The number of nitrogens with one attached hydrogen (secondary N) is 3. The molecule has 11 heteroatoms. The Bertz CT molecular complexity index is 1290. The van der Waals surface area contributed by atoms with E-state index in [4.69, 9.17) is 4.74 Å². The minimum absolute atomic E-state index is 0. The number of hydrogen-bond acceptors (Lipinski definition) is 8. The molecular formula is C23H24ClFN8O. The first-order chi connectivity index (χ1) is 16.2. The summed E-state index contributed by atoms with van der Waals surface area (Å²) in [6.07, 6.45) is 1.75. The minimum atomic E-state index is -0.311. The van der Waals surface area contributed by atoms with Crippen LogP contribution in [0, 0.1) is 12.7 Å². The third kappa shape index (κ3) is 5.24. The summed E-state index contributed by atoms with van der Waals surface area (Å²) in [4.78, 5) is 18.9. The van der Waals surface area contributed by atoms with Gasteiger partial charge in [-0.05, 0) is 37.3 Å². The molecule has 2 aromatic heterocycles. The highest BCUT2D eigenvalue weighted by Gasteiger charge is 2.17.